The Morgan fingerprint density at radius 3 is 2.84 bits per heavy atom. The molecule has 2 unspecified atom stereocenters. The highest BCUT2D eigenvalue weighted by Gasteiger charge is 2.45. The summed E-state index contributed by atoms with van der Waals surface area (Å²) in [5, 5.41) is 2.72. The molecule has 7 nitrogen and oxygen atoms in total. The summed E-state index contributed by atoms with van der Waals surface area (Å²) in [6.45, 7) is 4.09. The molecule has 19 heavy (non-hydrogen) atoms. The number of rotatable bonds is 3. The fourth-order valence-electron chi connectivity index (χ4n) is 2.39. The molecule has 7 heteroatoms. The number of nitrogens with one attached hydrogen (secondary N) is 1. The molecular formula is C12H21N3O4. The first-order chi connectivity index (χ1) is 9.08. The Bertz CT molecular complexity index is 355. The minimum atomic E-state index is -0.998. The Labute approximate surface area is 112 Å². The summed E-state index contributed by atoms with van der Waals surface area (Å²) >= 11 is 0. The second-order valence-electron chi connectivity index (χ2n) is 4.94. The maximum absolute atomic E-state index is 12.5. The fraction of sp³-hybridized carbons (Fsp3) is 0.833. The van der Waals surface area contributed by atoms with E-state index in [0.717, 1.165) is 0 Å². The molecule has 2 fully saturated rings. The van der Waals surface area contributed by atoms with Crippen molar-refractivity contribution in [3.63, 3.8) is 0 Å². The van der Waals surface area contributed by atoms with Crippen LogP contribution in [0.2, 0.25) is 0 Å². The predicted molar refractivity (Wildman–Crippen MR) is 67.4 cm³/mol. The third-order valence-electron chi connectivity index (χ3n) is 3.52. The second-order valence-corrected chi connectivity index (χ2v) is 4.94. The molecule has 2 rings (SSSR count). The quantitative estimate of drug-likeness (QED) is 0.649. The Hall–Kier alpha value is -1.18. The third-order valence-corrected chi connectivity index (χ3v) is 3.52. The van der Waals surface area contributed by atoms with Gasteiger partial charge in [0.25, 0.3) is 0 Å². The van der Waals surface area contributed by atoms with Gasteiger partial charge in [-0.3, -0.25) is 9.59 Å². The average Bonchev–Trinajstić information content (AvgIpc) is 2.86. The molecule has 0 aromatic carbocycles. The molecule has 2 saturated heterocycles. The van der Waals surface area contributed by atoms with Crippen LogP contribution in [-0.2, 0) is 19.1 Å². The van der Waals surface area contributed by atoms with Crippen LogP contribution in [0.5, 0.6) is 0 Å². The molecule has 108 valence electrons. The minimum absolute atomic E-state index is 0.196. The monoisotopic (exact) mass is 271 g/mol. The normalized spacial score (nSPS) is 31.3. The number of likely N-dealkylation sites (N-methyl/N-ethyl adjacent to an activating group) is 1. The van der Waals surface area contributed by atoms with Crippen LogP contribution in [0.15, 0.2) is 0 Å². The van der Waals surface area contributed by atoms with Crippen molar-refractivity contribution in [1.82, 2.24) is 10.2 Å². The van der Waals surface area contributed by atoms with Gasteiger partial charge < -0.3 is 25.4 Å². The molecule has 2 atom stereocenters. The van der Waals surface area contributed by atoms with Crippen LogP contribution in [0.3, 0.4) is 0 Å². The van der Waals surface area contributed by atoms with Gasteiger partial charge in [-0.1, -0.05) is 0 Å². The smallest absolute Gasteiger partial charge is 0.245 e. The zero-order chi connectivity index (χ0) is 13.9. The van der Waals surface area contributed by atoms with E-state index in [-0.39, 0.29) is 25.0 Å². The van der Waals surface area contributed by atoms with E-state index < -0.39 is 11.6 Å². The SMILES string of the molecule is CCNC(=O)C1COCCN1C(=O)C1(N)CCOC1. The minimum Gasteiger partial charge on any atom is -0.379 e. The first-order valence-electron chi connectivity index (χ1n) is 6.61. The van der Waals surface area contributed by atoms with E-state index in [1.54, 1.807) is 0 Å². The van der Waals surface area contributed by atoms with Crippen molar-refractivity contribution >= 4 is 11.8 Å². The van der Waals surface area contributed by atoms with Crippen LogP contribution < -0.4 is 11.1 Å². The van der Waals surface area contributed by atoms with Crippen LogP contribution in [-0.4, -0.2) is 67.8 Å². The van der Waals surface area contributed by atoms with Gasteiger partial charge in [-0.2, -0.15) is 0 Å². The lowest BCUT2D eigenvalue weighted by atomic mass is 9.97. The van der Waals surface area contributed by atoms with E-state index in [1.165, 1.54) is 4.90 Å². The predicted octanol–water partition coefficient (Wildman–Crippen LogP) is -1.53. The zero-order valence-corrected chi connectivity index (χ0v) is 11.2. The van der Waals surface area contributed by atoms with Crippen molar-refractivity contribution in [2.75, 3.05) is 39.5 Å². The largest absolute Gasteiger partial charge is 0.379 e. The maximum atomic E-state index is 12.5. The Kier molecular flexibility index (Phi) is 4.38. The molecule has 2 aliphatic heterocycles. The van der Waals surface area contributed by atoms with Crippen molar-refractivity contribution in [1.29, 1.82) is 0 Å². The molecule has 0 bridgehead atoms. The molecule has 0 aromatic heterocycles. The number of carbonyl (C=O) groups is 2. The number of morpholine rings is 1. The van der Waals surface area contributed by atoms with E-state index in [1.807, 2.05) is 6.92 Å². The van der Waals surface area contributed by atoms with E-state index in [0.29, 0.717) is 32.7 Å². The van der Waals surface area contributed by atoms with Gasteiger partial charge in [0.15, 0.2) is 0 Å². The third kappa shape index (κ3) is 2.88. The average molecular weight is 271 g/mol. The number of nitrogens with zero attached hydrogens (tertiary/aromatic N) is 1. The molecule has 0 aliphatic carbocycles. The number of carbonyl (C=O) groups excluding carboxylic acids is 2. The standard InChI is InChI=1S/C12H21N3O4/c1-2-14-10(16)9-7-18-6-4-15(9)11(17)12(13)3-5-19-8-12/h9H,2-8,13H2,1H3,(H,14,16). The lowest BCUT2D eigenvalue weighted by Crippen LogP contribution is -2.64. The van der Waals surface area contributed by atoms with Crippen LogP contribution in [0.4, 0.5) is 0 Å². The van der Waals surface area contributed by atoms with Gasteiger partial charge in [0, 0.05) is 19.7 Å². The van der Waals surface area contributed by atoms with Gasteiger partial charge in [-0.15, -0.1) is 0 Å². The topological polar surface area (TPSA) is 93.9 Å². The first-order valence-corrected chi connectivity index (χ1v) is 6.61. The number of nitrogens with two attached hydrogens (primary N) is 1. The zero-order valence-electron chi connectivity index (χ0n) is 11.2. The Morgan fingerprint density at radius 1 is 1.42 bits per heavy atom. The van der Waals surface area contributed by atoms with E-state index in [4.69, 9.17) is 15.2 Å². The van der Waals surface area contributed by atoms with Gasteiger partial charge in [-0.05, 0) is 13.3 Å². The van der Waals surface area contributed by atoms with Crippen molar-refractivity contribution in [3.05, 3.63) is 0 Å². The van der Waals surface area contributed by atoms with Gasteiger partial charge in [0.05, 0.1) is 19.8 Å². The molecular weight excluding hydrogens is 250 g/mol. The van der Waals surface area contributed by atoms with Gasteiger partial charge in [-0.25, -0.2) is 0 Å². The first kappa shape index (κ1) is 14.2. The van der Waals surface area contributed by atoms with Gasteiger partial charge >= 0.3 is 0 Å². The van der Waals surface area contributed by atoms with Crippen LogP contribution in [0.25, 0.3) is 0 Å². The maximum Gasteiger partial charge on any atom is 0.245 e. The van der Waals surface area contributed by atoms with Crippen molar-refractivity contribution in [2.24, 2.45) is 5.73 Å². The van der Waals surface area contributed by atoms with E-state index in [2.05, 4.69) is 5.32 Å². The Balaban J connectivity index is 2.10. The van der Waals surface area contributed by atoms with E-state index >= 15 is 0 Å². The number of amides is 2. The lowest BCUT2D eigenvalue weighted by molar-refractivity contribution is -0.152. The molecule has 0 aromatic rings. The molecule has 2 heterocycles. The highest BCUT2D eigenvalue weighted by molar-refractivity contribution is 5.92. The summed E-state index contributed by atoms with van der Waals surface area (Å²) in [5.74, 6) is -0.414. The Morgan fingerprint density at radius 2 is 2.21 bits per heavy atom. The molecule has 0 saturated carbocycles. The van der Waals surface area contributed by atoms with Gasteiger partial charge in [0.1, 0.15) is 11.6 Å². The summed E-state index contributed by atoms with van der Waals surface area (Å²) in [6, 6.07) is -0.595. The highest BCUT2D eigenvalue weighted by atomic mass is 16.5. The second kappa shape index (κ2) is 5.85. The van der Waals surface area contributed by atoms with Crippen LogP contribution >= 0.6 is 0 Å². The highest BCUT2D eigenvalue weighted by Crippen LogP contribution is 2.21. The molecule has 0 spiro atoms. The molecule has 2 aliphatic rings. The van der Waals surface area contributed by atoms with Crippen molar-refractivity contribution in [2.45, 2.75) is 24.9 Å². The summed E-state index contributed by atoms with van der Waals surface area (Å²) in [6.07, 6.45) is 0.491. The van der Waals surface area contributed by atoms with Crippen LogP contribution in [0.1, 0.15) is 13.3 Å². The fourth-order valence-corrected chi connectivity index (χ4v) is 2.39. The molecule has 0 radical (unpaired) electrons. The number of ether oxygens (including phenoxy) is 2. The van der Waals surface area contributed by atoms with Crippen LogP contribution in [0, 0.1) is 0 Å². The molecule has 3 N–H and O–H groups in total. The van der Waals surface area contributed by atoms with Gasteiger partial charge in [0.2, 0.25) is 11.8 Å². The molecule has 2 amide bonds. The van der Waals surface area contributed by atoms with Crippen molar-refractivity contribution in [3.8, 4) is 0 Å². The summed E-state index contributed by atoms with van der Waals surface area (Å²) < 4.78 is 10.5. The summed E-state index contributed by atoms with van der Waals surface area (Å²) in [5.41, 5.74) is 5.08. The van der Waals surface area contributed by atoms with Crippen molar-refractivity contribution < 1.29 is 19.1 Å². The summed E-state index contributed by atoms with van der Waals surface area (Å²) in [4.78, 5) is 26.0. The summed E-state index contributed by atoms with van der Waals surface area (Å²) in [7, 11) is 0. The number of hydrogen-bond donors (Lipinski definition) is 2. The number of hydrogen-bond acceptors (Lipinski definition) is 5. The van der Waals surface area contributed by atoms with E-state index in [9.17, 15) is 9.59 Å². The lowest BCUT2D eigenvalue weighted by Gasteiger charge is -2.38.